The molecular formula is C44H30N2. The predicted octanol–water partition coefficient (Wildman–Crippen LogP) is 12.2. The number of benzene rings is 8. The largest absolute Gasteiger partial charge is 0.310 e. The van der Waals surface area contributed by atoms with Gasteiger partial charge in [0.15, 0.2) is 0 Å². The smallest absolute Gasteiger partial charge is 0.0541 e. The van der Waals surface area contributed by atoms with Crippen molar-refractivity contribution < 1.29 is 0 Å². The van der Waals surface area contributed by atoms with Gasteiger partial charge in [0, 0.05) is 33.2 Å². The van der Waals surface area contributed by atoms with Gasteiger partial charge in [-0.25, -0.2) is 0 Å². The highest BCUT2D eigenvalue weighted by Gasteiger charge is 2.16. The zero-order valence-corrected chi connectivity index (χ0v) is 25.2. The van der Waals surface area contributed by atoms with Gasteiger partial charge in [0.05, 0.1) is 16.7 Å². The molecule has 2 heteroatoms. The molecule has 9 rings (SSSR count). The topological polar surface area (TPSA) is 8.17 Å². The molecule has 46 heavy (non-hydrogen) atoms. The molecule has 9 aromatic rings. The second kappa shape index (κ2) is 10.8. The second-order valence-corrected chi connectivity index (χ2v) is 11.8. The monoisotopic (exact) mass is 586 g/mol. The third-order valence-electron chi connectivity index (χ3n) is 9.14. The van der Waals surface area contributed by atoms with E-state index in [2.05, 4.69) is 191 Å². The summed E-state index contributed by atoms with van der Waals surface area (Å²) < 4.78 is 2.37. The van der Waals surface area contributed by atoms with Crippen molar-refractivity contribution in [2.24, 2.45) is 0 Å². The third kappa shape index (κ3) is 4.35. The maximum absolute atomic E-state index is 2.37. The lowest BCUT2D eigenvalue weighted by Crippen LogP contribution is -2.10. The van der Waals surface area contributed by atoms with E-state index in [4.69, 9.17) is 0 Å². The van der Waals surface area contributed by atoms with Gasteiger partial charge in [-0.1, -0.05) is 121 Å². The van der Waals surface area contributed by atoms with Crippen molar-refractivity contribution in [3.05, 3.63) is 182 Å². The predicted molar refractivity (Wildman–Crippen MR) is 196 cm³/mol. The van der Waals surface area contributed by atoms with Crippen LogP contribution in [0.4, 0.5) is 17.1 Å². The van der Waals surface area contributed by atoms with Crippen molar-refractivity contribution in [1.82, 2.24) is 4.57 Å². The molecule has 0 unspecified atom stereocenters. The molecule has 0 fully saturated rings. The SMILES string of the molecule is c1ccc(N(c2ccc3cc(-c4ccc(-n5c6ccccc6c6ccccc65)cc4)ccc3c2)c2cccc3ccccc23)cc1. The summed E-state index contributed by atoms with van der Waals surface area (Å²) in [6.07, 6.45) is 0. The van der Waals surface area contributed by atoms with E-state index in [1.807, 2.05) is 0 Å². The van der Waals surface area contributed by atoms with Crippen LogP contribution in [0.5, 0.6) is 0 Å². The number of rotatable bonds is 5. The van der Waals surface area contributed by atoms with Gasteiger partial charge in [-0.3, -0.25) is 0 Å². The Morgan fingerprint density at radius 2 is 0.935 bits per heavy atom. The molecule has 0 N–H and O–H groups in total. The highest BCUT2D eigenvalue weighted by atomic mass is 15.1. The molecule has 2 nitrogen and oxygen atoms in total. The summed E-state index contributed by atoms with van der Waals surface area (Å²) in [5, 5.41) is 7.46. The lowest BCUT2D eigenvalue weighted by atomic mass is 10.00. The quantitative estimate of drug-likeness (QED) is 0.195. The van der Waals surface area contributed by atoms with Gasteiger partial charge in [0.25, 0.3) is 0 Å². The van der Waals surface area contributed by atoms with Crippen molar-refractivity contribution in [2.75, 3.05) is 4.90 Å². The van der Waals surface area contributed by atoms with Crippen LogP contribution in [0.25, 0.3) is 60.2 Å². The Labute approximate surface area is 268 Å². The Hall–Kier alpha value is -6.12. The van der Waals surface area contributed by atoms with Crippen LogP contribution >= 0.6 is 0 Å². The molecule has 0 saturated carbocycles. The molecule has 8 aromatic carbocycles. The molecule has 0 radical (unpaired) electrons. The Bertz CT molecular complexity index is 2470. The molecule has 0 aliphatic heterocycles. The molecule has 0 bridgehead atoms. The van der Waals surface area contributed by atoms with E-state index in [-0.39, 0.29) is 0 Å². The fourth-order valence-corrected chi connectivity index (χ4v) is 6.96. The average Bonchev–Trinajstić information content (AvgIpc) is 3.47. The Balaban J connectivity index is 1.10. The Morgan fingerprint density at radius 1 is 0.348 bits per heavy atom. The molecule has 216 valence electrons. The first-order chi connectivity index (χ1) is 22.8. The van der Waals surface area contributed by atoms with Gasteiger partial charge >= 0.3 is 0 Å². The van der Waals surface area contributed by atoms with E-state index in [1.165, 1.54) is 65.9 Å². The summed E-state index contributed by atoms with van der Waals surface area (Å²) in [5.41, 5.74) is 9.48. The number of hydrogen-bond donors (Lipinski definition) is 0. The van der Waals surface area contributed by atoms with Gasteiger partial charge in [-0.05, 0) is 87.9 Å². The summed E-state index contributed by atoms with van der Waals surface area (Å²) in [6.45, 7) is 0. The molecule has 0 amide bonds. The normalized spacial score (nSPS) is 11.5. The van der Waals surface area contributed by atoms with Gasteiger partial charge < -0.3 is 9.47 Å². The Morgan fingerprint density at radius 3 is 1.70 bits per heavy atom. The summed E-state index contributed by atoms with van der Waals surface area (Å²) >= 11 is 0. The summed E-state index contributed by atoms with van der Waals surface area (Å²) in [7, 11) is 0. The number of anilines is 3. The number of aromatic nitrogens is 1. The van der Waals surface area contributed by atoms with E-state index >= 15 is 0 Å². The summed E-state index contributed by atoms with van der Waals surface area (Å²) in [4.78, 5) is 2.36. The van der Waals surface area contributed by atoms with Crippen molar-refractivity contribution >= 4 is 60.4 Å². The van der Waals surface area contributed by atoms with Gasteiger partial charge in [-0.2, -0.15) is 0 Å². The van der Waals surface area contributed by atoms with Crippen molar-refractivity contribution in [2.45, 2.75) is 0 Å². The fourth-order valence-electron chi connectivity index (χ4n) is 6.96. The second-order valence-electron chi connectivity index (χ2n) is 11.8. The molecular weight excluding hydrogens is 556 g/mol. The highest BCUT2D eigenvalue weighted by Crippen LogP contribution is 2.40. The van der Waals surface area contributed by atoms with E-state index in [0.29, 0.717) is 0 Å². The molecule has 1 aromatic heterocycles. The first-order valence-electron chi connectivity index (χ1n) is 15.8. The minimum Gasteiger partial charge on any atom is -0.310 e. The molecule has 0 aliphatic rings. The molecule has 0 atom stereocenters. The average molecular weight is 587 g/mol. The minimum atomic E-state index is 1.14. The van der Waals surface area contributed by atoms with Crippen LogP contribution in [0.15, 0.2) is 182 Å². The lowest BCUT2D eigenvalue weighted by molar-refractivity contribution is 1.18. The molecule has 1 heterocycles. The van der Waals surface area contributed by atoms with Crippen molar-refractivity contribution in [3.8, 4) is 16.8 Å². The van der Waals surface area contributed by atoms with Crippen LogP contribution in [0.2, 0.25) is 0 Å². The third-order valence-corrected chi connectivity index (χ3v) is 9.14. The molecule has 0 spiro atoms. The van der Waals surface area contributed by atoms with Crippen LogP contribution in [0, 0.1) is 0 Å². The lowest BCUT2D eigenvalue weighted by Gasteiger charge is -2.27. The maximum atomic E-state index is 2.37. The minimum absolute atomic E-state index is 1.14. The van der Waals surface area contributed by atoms with Crippen LogP contribution in [0.1, 0.15) is 0 Å². The van der Waals surface area contributed by atoms with Crippen molar-refractivity contribution in [1.29, 1.82) is 0 Å². The van der Waals surface area contributed by atoms with E-state index < -0.39 is 0 Å². The number of nitrogens with zero attached hydrogens (tertiary/aromatic N) is 2. The van der Waals surface area contributed by atoms with Crippen LogP contribution in [-0.2, 0) is 0 Å². The van der Waals surface area contributed by atoms with E-state index in [1.54, 1.807) is 0 Å². The fraction of sp³-hybridized carbons (Fsp3) is 0. The van der Waals surface area contributed by atoms with Crippen LogP contribution in [-0.4, -0.2) is 4.57 Å². The molecule has 0 saturated heterocycles. The van der Waals surface area contributed by atoms with E-state index in [9.17, 15) is 0 Å². The summed E-state index contributed by atoms with van der Waals surface area (Å²) in [5.74, 6) is 0. The zero-order chi connectivity index (χ0) is 30.5. The van der Waals surface area contributed by atoms with Crippen molar-refractivity contribution in [3.63, 3.8) is 0 Å². The summed E-state index contributed by atoms with van der Waals surface area (Å²) in [6, 6.07) is 65.7. The van der Waals surface area contributed by atoms with Crippen LogP contribution in [0.3, 0.4) is 0 Å². The zero-order valence-electron chi connectivity index (χ0n) is 25.2. The standard InChI is InChI=1S/C44H30N2/c1-2-13-36(14-3-1)45(42-20-10-12-32-11-4-5-15-39(32)42)38-28-25-34-29-33(21-22-35(34)30-38)31-23-26-37(27-24-31)46-43-18-8-6-16-40(43)41-17-7-9-19-44(41)46/h1-30H. The number of fused-ring (bicyclic) bond motifs is 5. The Kier molecular flexibility index (Phi) is 6.17. The first kappa shape index (κ1) is 26.3. The highest BCUT2D eigenvalue weighted by molar-refractivity contribution is 6.09. The number of hydrogen-bond acceptors (Lipinski definition) is 1. The van der Waals surface area contributed by atoms with Gasteiger partial charge in [0.2, 0.25) is 0 Å². The van der Waals surface area contributed by atoms with Crippen LogP contribution < -0.4 is 4.90 Å². The van der Waals surface area contributed by atoms with E-state index in [0.717, 1.165) is 11.4 Å². The maximum Gasteiger partial charge on any atom is 0.0541 e. The first-order valence-corrected chi connectivity index (χ1v) is 15.8. The molecule has 0 aliphatic carbocycles. The van der Waals surface area contributed by atoms with Gasteiger partial charge in [0.1, 0.15) is 0 Å². The van der Waals surface area contributed by atoms with Gasteiger partial charge in [-0.15, -0.1) is 0 Å². The number of para-hydroxylation sites is 3.